The highest BCUT2D eigenvalue weighted by Crippen LogP contribution is 2.28. The molecule has 0 aliphatic carbocycles. The summed E-state index contributed by atoms with van der Waals surface area (Å²) < 4.78 is 0. The first-order chi connectivity index (χ1) is 16.6. The van der Waals surface area contributed by atoms with Crippen molar-refractivity contribution in [2.24, 2.45) is 0 Å². The second-order valence-electron chi connectivity index (χ2n) is 7.56. The molecule has 7 nitrogen and oxygen atoms in total. The lowest BCUT2D eigenvalue weighted by atomic mass is 10.0. The minimum absolute atomic E-state index is 0.123. The van der Waals surface area contributed by atoms with Crippen LogP contribution in [0.3, 0.4) is 0 Å². The van der Waals surface area contributed by atoms with Crippen molar-refractivity contribution in [2.75, 3.05) is 10.6 Å². The molecule has 2 N–H and O–H groups in total. The highest BCUT2D eigenvalue weighted by atomic mass is 32.1. The predicted octanol–water partition coefficient (Wildman–Crippen LogP) is 5.63. The molecule has 0 spiro atoms. The molecule has 0 unspecified atom stereocenters. The Bertz CT molecular complexity index is 1500. The Balaban J connectivity index is 1.42. The minimum Gasteiger partial charge on any atom is -0.326 e. The molecule has 0 atom stereocenters. The Kier molecular flexibility index (Phi) is 5.80. The van der Waals surface area contributed by atoms with Crippen LogP contribution in [0, 0.1) is 0 Å². The normalized spacial score (nSPS) is 10.7. The van der Waals surface area contributed by atoms with Gasteiger partial charge in [0.1, 0.15) is 0 Å². The van der Waals surface area contributed by atoms with E-state index in [1.165, 1.54) is 18.3 Å². The van der Waals surface area contributed by atoms with Gasteiger partial charge in [-0.05, 0) is 36.4 Å². The number of para-hydroxylation sites is 1. The Morgan fingerprint density at radius 1 is 0.824 bits per heavy atom. The van der Waals surface area contributed by atoms with Crippen molar-refractivity contribution in [2.45, 2.75) is 6.92 Å². The third-order valence-corrected chi connectivity index (χ3v) is 5.92. The number of amides is 2. The van der Waals surface area contributed by atoms with Gasteiger partial charge >= 0.3 is 0 Å². The van der Waals surface area contributed by atoms with Gasteiger partial charge in [-0.1, -0.05) is 30.3 Å². The number of anilines is 2. The summed E-state index contributed by atoms with van der Waals surface area (Å²) in [7, 11) is 0. The van der Waals surface area contributed by atoms with E-state index in [-0.39, 0.29) is 11.8 Å². The van der Waals surface area contributed by atoms with E-state index >= 15 is 0 Å². The summed E-state index contributed by atoms with van der Waals surface area (Å²) in [5.41, 5.74) is 5.19. The molecule has 166 valence electrons. The van der Waals surface area contributed by atoms with Crippen LogP contribution >= 0.6 is 11.3 Å². The fourth-order valence-electron chi connectivity index (χ4n) is 3.59. The molecule has 8 heteroatoms. The van der Waals surface area contributed by atoms with Crippen molar-refractivity contribution >= 4 is 44.9 Å². The van der Waals surface area contributed by atoms with Crippen LogP contribution in [0.5, 0.6) is 0 Å². The number of rotatable bonds is 5. The van der Waals surface area contributed by atoms with Gasteiger partial charge in [-0.15, -0.1) is 11.3 Å². The molecular weight excluding hydrogens is 446 g/mol. The van der Waals surface area contributed by atoms with Crippen LogP contribution in [0.15, 0.2) is 84.5 Å². The number of aromatic nitrogens is 3. The molecule has 0 aliphatic heterocycles. The number of carbonyl (C=O) groups is 2. The summed E-state index contributed by atoms with van der Waals surface area (Å²) in [4.78, 5) is 37.8. The molecule has 0 saturated carbocycles. The molecule has 2 amide bonds. The Hall–Kier alpha value is -4.43. The van der Waals surface area contributed by atoms with Crippen LogP contribution in [-0.2, 0) is 4.79 Å². The molecule has 0 bridgehead atoms. The molecular formula is C26H19N5O2S. The average Bonchev–Trinajstić information content (AvgIpc) is 3.32. The van der Waals surface area contributed by atoms with Gasteiger partial charge in [0, 0.05) is 46.9 Å². The summed E-state index contributed by atoms with van der Waals surface area (Å²) in [6.45, 7) is 1.47. The van der Waals surface area contributed by atoms with Crippen molar-refractivity contribution in [3.05, 3.63) is 90.1 Å². The largest absolute Gasteiger partial charge is 0.326 e. The Labute approximate surface area is 199 Å². The first-order valence-electron chi connectivity index (χ1n) is 10.5. The molecule has 0 saturated heterocycles. The lowest BCUT2D eigenvalue weighted by Crippen LogP contribution is -2.13. The third-order valence-electron chi connectivity index (χ3n) is 5.16. The average molecular weight is 466 g/mol. The maximum absolute atomic E-state index is 13.3. The summed E-state index contributed by atoms with van der Waals surface area (Å²) >= 11 is 1.35. The fourth-order valence-corrected chi connectivity index (χ4v) is 4.30. The number of thiazole rings is 1. The number of carbonyl (C=O) groups excluding carboxylic acids is 2. The maximum atomic E-state index is 13.3. The summed E-state index contributed by atoms with van der Waals surface area (Å²) in [6.07, 6.45) is 3.40. The molecule has 3 heterocycles. The molecule has 2 aromatic carbocycles. The smallest absolute Gasteiger partial charge is 0.258 e. The molecule has 0 aliphatic rings. The van der Waals surface area contributed by atoms with Gasteiger partial charge in [0.2, 0.25) is 5.91 Å². The van der Waals surface area contributed by atoms with E-state index in [0.29, 0.717) is 16.4 Å². The molecule has 3 aromatic heterocycles. The highest BCUT2D eigenvalue weighted by molar-refractivity contribution is 7.14. The van der Waals surface area contributed by atoms with E-state index in [1.807, 2.05) is 66.0 Å². The van der Waals surface area contributed by atoms with Crippen molar-refractivity contribution in [3.8, 4) is 22.5 Å². The summed E-state index contributed by atoms with van der Waals surface area (Å²) in [5.74, 6) is -0.377. The fraction of sp³-hybridized carbons (Fsp3) is 0.0385. The number of nitrogens with zero attached hydrogens (tertiary/aromatic N) is 3. The van der Waals surface area contributed by atoms with Gasteiger partial charge in [0.15, 0.2) is 5.13 Å². The lowest BCUT2D eigenvalue weighted by molar-refractivity contribution is -0.114. The highest BCUT2D eigenvalue weighted by Gasteiger charge is 2.16. The van der Waals surface area contributed by atoms with Gasteiger partial charge in [-0.3, -0.25) is 19.9 Å². The quantitative estimate of drug-likeness (QED) is 0.351. The van der Waals surface area contributed by atoms with Crippen LogP contribution in [0.1, 0.15) is 17.3 Å². The second kappa shape index (κ2) is 9.21. The van der Waals surface area contributed by atoms with Crippen LogP contribution in [0.25, 0.3) is 33.4 Å². The topological polar surface area (TPSA) is 96.9 Å². The SMILES string of the molecule is CC(=O)Nc1ccc(-c2csc(NC(=O)c3cc(-c4ccncc4)nc4ccccc34)n2)cc1. The standard InChI is InChI=1S/C26H19N5O2S/c1-16(32)28-19-8-6-17(7-9-19)24-15-34-26(30-24)31-25(33)21-14-23(18-10-12-27-13-11-18)29-22-5-3-2-4-20(21)22/h2-15H,1H3,(H,28,32)(H,30,31,33). The van der Waals surface area contributed by atoms with Gasteiger partial charge in [-0.2, -0.15) is 0 Å². The zero-order chi connectivity index (χ0) is 23.5. The van der Waals surface area contributed by atoms with Gasteiger partial charge in [-0.25, -0.2) is 9.97 Å². The zero-order valence-corrected chi connectivity index (χ0v) is 19.0. The number of pyridine rings is 2. The van der Waals surface area contributed by atoms with Gasteiger partial charge in [0.05, 0.1) is 22.5 Å². The van der Waals surface area contributed by atoms with Crippen LogP contribution in [-0.4, -0.2) is 26.8 Å². The van der Waals surface area contributed by atoms with Gasteiger partial charge in [0.25, 0.3) is 5.91 Å². The Morgan fingerprint density at radius 3 is 2.32 bits per heavy atom. The summed E-state index contributed by atoms with van der Waals surface area (Å²) in [6, 6.07) is 20.5. The van der Waals surface area contributed by atoms with E-state index in [4.69, 9.17) is 4.98 Å². The molecule has 0 fully saturated rings. The lowest BCUT2D eigenvalue weighted by Gasteiger charge is -2.09. The monoisotopic (exact) mass is 465 g/mol. The van der Waals surface area contributed by atoms with Crippen molar-refractivity contribution in [1.29, 1.82) is 0 Å². The second-order valence-corrected chi connectivity index (χ2v) is 8.42. The van der Waals surface area contributed by atoms with E-state index in [9.17, 15) is 9.59 Å². The van der Waals surface area contributed by atoms with E-state index in [0.717, 1.165) is 33.4 Å². The number of fused-ring (bicyclic) bond motifs is 1. The van der Waals surface area contributed by atoms with Crippen LogP contribution in [0.4, 0.5) is 10.8 Å². The van der Waals surface area contributed by atoms with Crippen molar-refractivity contribution in [3.63, 3.8) is 0 Å². The summed E-state index contributed by atoms with van der Waals surface area (Å²) in [5, 5.41) is 8.82. The zero-order valence-electron chi connectivity index (χ0n) is 18.1. The van der Waals surface area contributed by atoms with E-state index in [2.05, 4.69) is 20.6 Å². The number of hydrogen-bond donors (Lipinski definition) is 2. The van der Waals surface area contributed by atoms with Gasteiger partial charge < -0.3 is 5.32 Å². The number of benzene rings is 2. The molecule has 5 aromatic rings. The third kappa shape index (κ3) is 4.53. The van der Waals surface area contributed by atoms with Crippen LogP contribution < -0.4 is 10.6 Å². The Morgan fingerprint density at radius 2 is 1.56 bits per heavy atom. The minimum atomic E-state index is -0.254. The first kappa shape index (κ1) is 21.4. The molecule has 34 heavy (non-hydrogen) atoms. The van der Waals surface area contributed by atoms with Crippen molar-refractivity contribution in [1.82, 2.24) is 15.0 Å². The van der Waals surface area contributed by atoms with Crippen LogP contribution in [0.2, 0.25) is 0 Å². The number of hydrogen-bond acceptors (Lipinski definition) is 6. The van der Waals surface area contributed by atoms with E-state index in [1.54, 1.807) is 18.5 Å². The first-order valence-corrected chi connectivity index (χ1v) is 11.4. The molecule has 0 radical (unpaired) electrons. The predicted molar refractivity (Wildman–Crippen MR) is 135 cm³/mol. The van der Waals surface area contributed by atoms with E-state index < -0.39 is 0 Å². The maximum Gasteiger partial charge on any atom is 0.258 e. The molecule has 5 rings (SSSR count). The number of nitrogens with one attached hydrogen (secondary N) is 2. The van der Waals surface area contributed by atoms with Crippen molar-refractivity contribution < 1.29 is 9.59 Å².